The van der Waals surface area contributed by atoms with Gasteiger partial charge in [0.05, 0.1) is 0 Å². The lowest BCUT2D eigenvalue weighted by molar-refractivity contribution is 0.196. The third-order valence-corrected chi connectivity index (χ3v) is 2.05. The van der Waals surface area contributed by atoms with Crippen molar-refractivity contribution in [1.29, 1.82) is 0 Å². The molecule has 54 valence electrons. The molecule has 0 aromatic heterocycles. The van der Waals surface area contributed by atoms with E-state index in [9.17, 15) is 4.39 Å². The van der Waals surface area contributed by atoms with Crippen LogP contribution in [0.15, 0.2) is 0 Å². The molecule has 1 fully saturated rings. The third-order valence-electron chi connectivity index (χ3n) is 2.05. The second-order valence-corrected chi connectivity index (χ2v) is 3.05. The van der Waals surface area contributed by atoms with Crippen LogP contribution in [0.1, 0.15) is 20.3 Å². The summed E-state index contributed by atoms with van der Waals surface area (Å²) in [6.07, 6.45) is 0.253. The Bertz CT molecular complexity index is 92.9. The van der Waals surface area contributed by atoms with E-state index in [1.807, 2.05) is 0 Å². The van der Waals surface area contributed by atoms with E-state index in [1.54, 1.807) is 0 Å². The molecular weight excluding hydrogens is 117 g/mol. The molecular formula is C7H14FN. The predicted molar refractivity (Wildman–Crippen MR) is 35.8 cm³/mol. The molecule has 1 N–H and O–H groups in total. The zero-order chi connectivity index (χ0) is 6.85. The molecule has 0 bridgehead atoms. The Balaban J connectivity index is 2.40. The Kier molecular flexibility index (Phi) is 2.06. The maximum Gasteiger partial charge on any atom is 0.154 e. The fraction of sp³-hybridized carbons (Fsp3) is 1.00. The van der Waals surface area contributed by atoms with Crippen LogP contribution in [0.4, 0.5) is 4.39 Å². The minimum absolute atomic E-state index is 0.255. The molecule has 9 heavy (non-hydrogen) atoms. The summed E-state index contributed by atoms with van der Waals surface area (Å²) in [5.74, 6) is 0.736. The molecule has 0 aromatic carbocycles. The maximum absolute atomic E-state index is 12.7. The smallest absolute Gasteiger partial charge is 0.154 e. The van der Waals surface area contributed by atoms with E-state index in [0.717, 1.165) is 13.0 Å². The molecule has 1 saturated heterocycles. The Labute approximate surface area is 55.6 Å². The third kappa shape index (κ3) is 1.42. The highest BCUT2D eigenvalue weighted by atomic mass is 19.1. The van der Waals surface area contributed by atoms with Crippen molar-refractivity contribution < 1.29 is 4.39 Å². The first kappa shape index (κ1) is 7.00. The summed E-state index contributed by atoms with van der Waals surface area (Å²) < 4.78 is 12.7. The number of hydrogen-bond donors (Lipinski definition) is 1. The number of hydrogen-bond acceptors (Lipinski definition) is 1. The topological polar surface area (TPSA) is 12.0 Å². The number of alkyl halides is 1. The lowest BCUT2D eigenvalue weighted by Crippen LogP contribution is -2.24. The second kappa shape index (κ2) is 2.65. The maximum atomic E-state index is 12.7. The van der Waals surface area contributed by atoms with Gasteiger partial charge < -0.3 is 0 Å². The summed E-state index contributed by atoms with van der Waals surface area (Å²) in [5.41, 5.74) is 0. The summed E-state index contributed by atoms with van der Waals surface area (Å²) in [5, 5.41) is 2.78. The monoisotopic (exact) mass is 131 g/mol. The summed E-state index contributed by atoms with van der Waals surface area (Å²) in [4.78, 5) is 0. The highest BCUT2D eigenvalue weighted by Crippen LogP contribution is 2.24. The van der Waals surface area contributed by atoms with Gasteiger partial charge in [0.25, 0.3) is 0 Å². The first-order valence-corrected chi connectivity index (χ1v) is 3.59. The summed E-state index contributed by atoms with van der Waals surface area (Å²) in [6.45, 7) is 5.00. The zero-order valence-corrected chi connectivity index (χ0v) is 6.02. The van der Waals surface area contributed by atoms with Crippen LogP contribution in [0, 0.1) is 11.8 Å². The summed E-state index contributed by atoms with van der Waals surface area (Å²) in [7, 11) is 0. The fourth-order valence-electron chi connectivity index (χ4n) is 1.36. The average Bonchev–Trinajstić information content (AvgIpc) is 2.13. The SMILES string of the molecule is CC(C)C1CCNC1F. The highest BCUT2D eigenvalue weighted by molar-refractivity contribution is 4.77. The molecule has 2 atom stereocenters. The molecule has 1 aliphatic heterocycles. The Morgan fingerprint density at radius 2 is 2.22 bits per heavy atom. The van der Waals surface area contributed by atoms with E-state index in [0.29, 0.717) is 5.92 Å². The van der Waals surface area contributed by atoms with Crippen LogP contribution < -0.4 is 5.32 Å². The first-order valence-electron chi connectivity index (χ1n) is 3.59. The Morgan fingerprint density at radius 1 is 1.56 bits per heavy atom. The van der Waals surface area contributed by atoms with Crippen molar-refractivity contribution in [2.24, 2.45) is 11.8 Å². The molecule has 1 aliphatic rings. The van der Waals surface area contributed by atoms with Gasteiger partial charge in [0, 0.05) is 5.92 Å². The van der Waals surface area contributed by atoms with Crippen molar-refractivity contribution in [2.45, 2.75) is 26.6 Å². The largest absolute Gasteiger partial charge is 0.288 e. The zero-order valence-electron chi connectivity index (χ0n) is 6.02. The van der Waals surface area contributed by atoms with Crippen molar-refractivity contribution >= 4 is 0 Å². The van der Waals surface area contributed by atoms with Gasteiger partial charge in [-0.05, 0) is 18.9 Å². The average molecular weight is 131 g/mol. The van der Waals surface area contributed by atoms with Gasteiger partial charge in [0.1, 0.15) is 0 Å². The molecule has 0 amide bonds. The van der Waals surface area contributed by atoms with Crippen LogP contribution in [-0.2, 0) is 0 Å². The van der Waals surface area contributed by atoms with E-state index in [1.165, 1.54) is 0 Å². The van der Waals surface area contributed by atoms with Gasteiger partial charge in [-0.15, -0.1) is 0 Å². The molecule has 0 spiro atoms. The minimum Gasteiger partial charge on any atom is -0.288 e. The van der Waals surface area contributed by atoms with Crippen molar-refractivity contribution in [3.8, 4) is 0 Å². The van der Waals surface area contributed by atoms with Gasteiger partial charge >= 0.3 is 0 Å². The van der Waals surface area contributed by atoms with Crippen molar-refractivity contribution in [1.82, 2.24) is 5.32 Å². The van der Waals surface area contributed by atoms with Gasteiger partial charge in [-0.2, -0.15) is 0 Å². The van der Waals surface area contributed by atoms with Crippen molar-refractivity contribution in [2.75, 3.05) is 6.54 Å². The van der Waals surface area contributed by atoms with Gasteiger partial charge in [-0.3, -0.25) is 5.32 Å². The van der Waals surface area contributed by atoms with E-state index >= 15 is 0 Å². The van der Waals surface area contributed by atoms with E-state index < -0.39 is 6.30 Å². The molecule has 0 aromatic rings. The number of halogens is 1. The lowest BCUT2D eigenvalue weighted by atomic mass is 9.95. The quantitative estimate of drug-likeness (QED) is 0.532. The number of nitrogens with one attached hydrogen (secondary N) is 1. The standard InChI is InChI=1S/C7H14FN/c1-5(2)6-3-4-9-7(6)8/h5-7,9H,3-4H2,1-2H3. The van der Waals surface area contributed by atoms with Crippen molar-refractivity contribution in [3.63, 3.8) is 0 Å². The van der Waals surface area contributed by atoms with Crippen LogP contribution in [0.5, 0.6) is 0 Å². The molecule has 0 radical (unpaired) electrons. The molecule has 2 unspecified atom stereocenters. The van der Waals surface area contributed by atoms with Crippen LogP contribution >= 0.6 is 0 Å². The minimum atomic E-state index is -0.745. The summed E-state index contributed by atoms with van der Waals surface area (Å²) >= 11 is 0. The van der Waals surface area contributed by atoms with Crippen molar-refractivity contribution in [3.05, 3.63) is 0 Å². The van der Waals surface area contributed by atoms with Gasteiger partial charge in [-0.1, -0.05) is 13.8 Å². The van der Waals surface area contributed by atoms with E-state index in [2.05, 4.69) is 19.2 Å². The van der Waals surface area contributed by atoms with Gasteiger partial charge in [-0.25, -0.2) is 4.39 Å². The van der Waals surface area contributed by atoms with E-state index in [4.69, 9.17) is 0 Å². The van der Waals surface area contributed by atoms with E-state index in [-0.39, 0.29) is 5.92 Å². The van der Waals surface area contributed by atoms with Crippen LogP contribution in [0.2, 0.25) is 0 Å². The highest BCUT2D eigenvalue weighted by Gasteiger charge is 2.28. The van der Waals surface area contributed by atoms with Crippen LogP contribution in [0.3, 0.4) is 0 Å². The lowest BCUT2D eigenvalue weighted by Gasteiger charge is -2.15. The van der Waals surface area contributed by atoms with Gasteiger partial charge in [0.2, 0.25) is 0 Å². The second-order valence-electron chi connectivity index (χ2n) is 3.05. The van der Waals surface area contributed by atoms with Gasteiger partial charge in [0.15, 0.2) is 6.30 Å². The predicted octanol–water partition coefficient (Wildman–Crippen LogP) is 1.55. The Hall–Kier alpha value is -0.110. The molecule has 1 rings (SSSR count). The number of rotatable bonds is 1. The molecule has 1 heterocycles. The molecule has 0 saturated carbocycles. The molecule has 0 aliphatic carbocycles. The molecule has 1 nitrogen and oxygen atoms in total. The normalized spacial score (nSPS) is 36.0. The fourth-order valence-corrected chi connectivity index (χ4v) is 1.36. The molecule has 2 heteroatoms. The van der Waals surface area contributed by atoms with Crippen LogP contribution in [-0.4, -0.2) is 12.8 Å². The first-order chi connectivity index (χ1) is 4.22. The Morgan fingerprint density at radius 3 is 2.44 bits per heavy atom. The summed E-state index contributed by atoms with van der Waals surface area (Å²) in [6, 6.07) is 0. The van der Waals surface area contributed by atoms with Crippen LogP contribution in [0.25, 0.3) is 0 Å².